The monoisotopic (exact) mass is 574 g/mol. The highest BCUT2D eigenvalue weighted by molar-refractivity contribution is 6.31. The van der Waals surface area contributed by atoms with Crippen LogP contribution in [0.2, 0.25) is 10.2 Å². The molecular formula is C28H20Cl2N6O4. The molecule has 0 saturated heterocycles. The third-order valence-electron chi connectivity index (χ3n) is 6.09. The van der Waals surface area contributed by atoms with Crippen LogP contribution in [0.25, 0.3) is 16.9 Å². The second kappa shape index (κ2) is 11.5. The summed E-state index contributed by atoms with van der Waals surface area (Å²) in [6.07, 6.45) is 3.04. The summed E-state index contributed by atoms with van der Waals surface area (Å²) < 4.78 is 2.70. The van der Waals surface area contributed by atoms with Gasteiger partial charge in [0, 0.05) is 28.8 Å². The second-order valence-corrected chi connectivity index (χ2v) is 9.57. The minimum Gasteiger partial charge on any atom is -0.478 e. The highest BCUT2D eigenvalue weighted by Crippen LogP contribution is 2.28. The van der Waals surface area contributed by atoms with Crippen molar-refractivity contribution in [2.75, 3.05) is 5.32 Å². The fourth-order valence-electron chi connectivity index (χ4n) is 4.14. The van der Waals surface area contributed by atoms with Gasteiger partial charge < -0.3 is 10.4 Å². The van der Waals surface area contributed by atoms with Crippen LogP contribution in [0.1, 0.15) is 22.0 Å². The number of aromatic nitrogens is 5. The SMILES string of the molecule is O=C(O)c1ccc(NC(=O)C(Cc2ccccc2)n2cnc(-c3cc(Cl)ccc3-n3cc(Cl)nn3)cc2=O)cc1. The number of nitrogens with one attached hydrogen (secondary N) is 1. The van der Waals surface area contributed by atoms with Crippen LogP contribution in [0, 0.1) is 0 Å². The Hall–Kier alpha value is -4.80. The van der Waals surface area contributed by atoms with Gasteiger partial charge in [-0.05, 0) is 48.0 Å². The van der Waals surface area contributed by atoms with Crippen molar-refractivity contribution in [1.29, 1.82) is 0 Å². The summed E-state index contributed by atoms with van der Waals surface area (Å²) >= 11 is 12.2. The van der Waals surface area contributed by atoms with Gasteiger partial charge >= 0.3 is 5.97 Å². The van der Waals surface area contributed by atoms with Crippen LogP contribution < -0.4 is 10.9 Å². The summed E-state index contributed by atoms with van der Waals surface area (Å²) in [7, 11) is 0. The van der Waals surface area contributed by atoms with Gasteiger partial charge in [-0.1, -0.05) is 58.7 Å². The van der Waals surface area contributed by atoms with E-state index in [-0.39, 0.29) is 17.1 Å². The summed E-state index contributed by atoms with van der Waals surface area (Å²) in [6.45, 7) is 0. The molecule has 1 atom stereocenters. The third kappa shape index (κ3) is 5.93. The number of benzene rings is 3. The number of carboxylic acid groups (broad SMARTS) is 1. The Morgan fingerprint density at radius 1 is 0.975 bits per heavy atom. The van der Waals surface area contributed by atoms with E-state index >= 15 is 0 Å². The van der Waals surface area contributed by atoms with E-state index < -0.39 is 23.5 Å². The van der Waals surface area contributed by atoms with Crippen molar-refractivity contribution in [2.45, 2.75) is 12.5 Å². The lowest BCUT2D eigenvalue weighted by Crippen LogP contribution is -2.34. The molecule has 40 heavy (non-hydrogen) atoms. The van der Waals surface area contributed by atoms with Gasteiger partial charge in [0.1, 0.15) is 6.04 Å². The lowest BCUT2D eigenvalue weighted by Gasteiger charge is -2.20. The summed E-state index contributed by atoms with van der Waals surface area (Å²) in [5, 5.41) is 20.3. The van der Waals surface area contributed by atoms with Crippen LogP contribution in [-0.2, 0) is 11.2 Å². The van der Waals surface area contributed by atoms with Gasteiger partial charge in [0.05, 0.1) is 29.5 Å². The van der Waals surface area contributed by atoms with E-state index in [1.165, 1.54) is 52.1 Å². The fraction of sp³-hybridized carbons (Fsp3) is 0.0714. The molecule has 10 nitrogen and oxygen atoms in total. The molecule has 0 bridgehead atoms. The number of halogens is 2. The Morgan fingerprint density at radius 2 is 1.73 bits per heavy atom. The van der Waals surface area contributed by atoms with E-state index in [0.717, 1.165) is 5.56 Å². The topological polar surface area (TPSA) is 132 Å². The normalized spacial score (nSPS) is 11.7. The molecule has 5 aromatic rings. The van der Waals surface area contributed by atoms with Gasteiger partial charge in [-0.15, -0.1) is 5.10 Å². The van der Waals surface area contributed by atoms with Crippen LogP contribution in [0.15, 0.2) is 96.2 Å². The molecule has 3 aromatic carbocycles. The lowest BCUT2D eigenvalue weighted by molar-refractivity contribution is -0.119. The molecule has 1 unspecified atom stereocenters. The summed E-state index contributed by atoms with van der Waals surface area (Å²) in [5.74, 6) is -1.54. The number of hydrogen-bond acceptors (Lipinski definition) is 6. The summed E-state index contributed by atoms with van der Waals surface area (Å²) in [6, 6.07) is 20.4. The molecule has 2 aromatic heterocycles. The molecular weight excluding hydrogens is 555 g/mol. The number of carbonyl (C=O) groups excluding carboxylic acids is 1. The average molecular weight is 575 g/mol. The van der Waals surface area contributed by atoms with E-state index in [1.807, 2.05) is 30.3 Å². The van der Waals surface area contributed by atoms with Gasteiger partial charge in [-0.3, -0.25) is 14.2 Å². The maximum absolute atomic E-state index is 13.5. The van der Waals surface area contributed by atoms with Crippen LogP contribution in [0.4, 0.5) is 5.69 Å². The van der Waals surface area contributed by atoms with Crippen molar-refractivity contribution >= 4 is 40.8 Å². The molecule has 0 aliphatic heterocycles. The zero-order valence-electron chi connectivity index (χ0n) is 20.6. The van der Waals surface area contributed by atoms with Crippen molar-refractivity contribution in [2.24, 2.45) is 0 Å². The maximum atomic E-state index is 13.5. The fourth-order valence-corrected chi connectivity index (χ4v) is 4.44. The molecule has 1 amide bonds. The van der Waals surface area contributed by atoms with E-state index in [0.29, 0.717) is 27.7 Å². The van der Waals surface area contributed by atoms with Crippen LogP contribution in [0.5, 0.6) is 0 Å². The number of amides is 1. The van der Waals surface area contributed by atoms with Crippen molar-refractivity contribution in [3.05, 3.63) is 123 Å². The summed E-state index contributed by atoms with van der Waals surface area (Å²) in [5.41, 5.74) is 2.22. The van der Waals surface area contributed by atoms with Gasteiger partial charge in [0.25, 0.3) is 5.56 Å². The number of rotatable bonds is 8. The highest BCUT2D eigenvalue weighted by atomic mass is 35.5. The molecule has 2 heterocycles. The lowest BCUT2D eigenvalue weighted by atomic mass is 10.0. The molecule has 0 aliphatic rings. The van der Waals surface area contributed by atoms with Gasteiger partial charge in [0.15, 0.2) is 5.15 Å². The van der Waals surface area contributed by atoms with E-state index in [9.17, 15) is 14.4 Å². The quantitative estimate of drug-likeness (QED) is 0.269. The molecule has 0 aliphatic carbocycles. The number of carboxylic acids is 1. The number of hydrogen-bond donors (Lipinski definition) is 2. The second-order valence-electron chi connectivity index (χ2n) is 8.74. The van der Waals surface area contributed by atoms with Gasteiger partial charge in [-0.2, -0.15) is 0 Å². The maximum Gasteiger partial charge on any atom is 0.335 e. The first kappa shape index (κ1) is 26.8. The van der Waals surface area contributed by atoms with Gasteiger partial charge in [0.2, 0.25) is 5.91 Å². The highest BCUT2D eigenvalue weighted by Gasteiger charge is 2.24. The molecule has 0 fully saturated rings. The Balaban J connectivity index is 1.51. The number of nitrogens with zero attached hydrogens (tertiary/aromatic N) is 5. The van der Waals surface area contributed by atoms with Crippen LogP contribution >= 0.6 is 23.2 Å². The average Bonchev–Trinajstić information content (AvgIpc) is 3.38. The Morgan fingerprint density at radius 3 is 2.38 bits per heavy atom. The van der Waals surface area contributed by atoms with Crippen LogP contribution in [0.3, 0.4) is 0 Å². The first-order valence-electron chi connectivity index (χ1n) is 11.9. The van der Waals surface area contributed by atoms with Crippen molar-refractivity contribution in [1.82, 2.24) is 24.5 Å². The Labute approximate surface area is 237 Å². The summed E-state index contributed by atoms with van der Waals surface area (Å²) in [4.78, 5) is 42.6. The molecule has 5 rings (SSSR count). The van der Waals surface area contributed by atoms with Crippen molar-refractivity contribution < 1.29 is 14.7 Å². The molecule has 0 saturated carbocycles. The Kier molecular flexibility index (Phi) is 7.72. The first-order valence-corrected chi connectivity index (χ1v) is 12.7. The van der Waals surface area contributed by atoms with E-state index in [4.69, 9.17) is 28.3 Å². The minimum absolute atomic E-state index is 0.0865. The molecule has 0 radical (unpaired) electrons. The van der Waals surface area contributed by atoms with Gasteiger partial charge in [-0.25, -0.2) is 14.5 Å². The largest absolute Gasteiger partial charge is 0.478 e. The third-order valence-corrected chi connectivity index (χ3v) is 6.50. The zero-order valence-corrected chi connectivity index (χ0v) is 22.1. The predicted molar refractivity (Wildman–Crippen MR) is 150 cm³/mol. The number of anilines is 1. The van der Waals surface area contributed by atoms with Crippen molar-refractivity contribution in [3.63, 3.8) is 0 Å². The number of carbonyl (C=O) groups is 2. The molecule has 12 heteroatoms. The van der Waals surface area contributed by atoms with E-state index in [2.05, 4.69) is 20.6 Å². The predicted octanol–water partition coefficient (Wildman–Crippen LogP) is 4.92. The van der Waals surface area contributed by atoms with Crippen molar-refractivity contribution in [3.8, 4) is 16.9 Å². The minimum atomic E-state index is -1.08. The molecule has 200 valence electrons. The first-order chi connectivity index (χ1) is 19.3. The molecule has 2 N–H and O–H groups in total. The standard InChI is InChI=1S/C28H20Cl2N6O4/c29-19-8-11-23(36-15-25(30)33-34-36)21(13-19)22-14-26(37)35(16-31-22)24(12-17-4-2-1-3-5-17)27(38)32-20-9-6-18(7-10-20)28(39)40/h1-11,13-16,24H,12H2,(H,32,38)(H,39,40). The smallest absolute Gasteiger partial charge is 0.335 e. The van der Waals surface area contributed by atoms with E-state index in [1.54, 1.807) is 18.2 Å². The van der Waals surface area contributed by atoms with Crippen LogP contribution in [-0.4, -0.2) is 41.5 Å². The number of aromatic carboxylic acids is 1. The zero-order chi connectivity index (χ0) is 28.2. The molecule has 0 spiro atoms. The Bertz CT molecular complexity index is 1750.